The molecule has 7 heteroatoms. The van der Waals surface area contributed by atoms with Crippen LogP contribution in [0, 0.1) is 0 Å². The molecular formula is C16H22BF2NO3. The summed E-state index contributed by atoms with van der Waals surface area (Å²) in [7, 11) is -0.416. The SMILES string of the molecule is CC1(C)OB(C2=CC=C(C(=O)N3CC(F)(F)C3)CC2)OC1(C)C. The van der Waals surface area contributed by atoms with Crippen LogP contribution in [0.25, 0.3) is 0 Å². The van der Waals surface area contributed by atoms with Gasteiger partial charge in [0, 0.05) is 5.57 Å². The van der Waals surface area contributed by atoms with E-state index in [9.17, 15) is 13.6 Å². The van der Waals surface area contributed by atoms with E-state index in [2.05, 4.69) is 0 Å². The average molecular weight is 325 g/mol. The maximum atomic E-state index is 12.9. The van der Waals surface area contributed by atoms with Crippen molar-refractivity contribution in [3.05, 3.63) is 23.2 Å². The van der Waals surface area contributed by atoms with Crippen molar-refractivity contribution in [3.8, 4) is 0 Å². The van der Waals surface area contributed by atoms with E-state index in [-0.39, 0.29) is 5.91 Å². The molecule has 0 bridgehead atoms. The summed E-state index contributed by atoms with van der Waals surface area (Å²) in [4.78, 5) is 13.3. The number of amides is 1. The minimum Gasteiger partial charge on any atom is -0.400 e. The second-order valence-electron chi connectivity index (χ2n) is 7.54. The number of likely N-dealkylation sites (tertiary alicyclic amines) is 1. The number of hydrogen-bond acceptors (Lipinski definition) is 3. The number of carbonyl (C=O) groups excluding carboxylic acids is 1. The van der Waals surface area contributed by atoms with Gasteiger partial charge in [0.1, 0.15) is 0 Å². The molecule has 2 saturated heterocycles. The molecule has 0 aromatic heterocycles. The number of carbonyl (C=O) groups is 1. The summed E-state index contributed by atoms with van der Waals surface area (Å²) in [6, 6.07) is 0. The van der Waals surface area contributed by atoms with E-state index >= 15 is 0 Å². The molecule has 2 fully saturated rings. The Hall–Kier alpha value is -1.21. The minimum absolute atomic E-state index is 0.292. The fourth-order valence-corrected chi connectivity index (χ4v) is 2.88. The highest BCUT2D eigenvalue weighted by Gasteiger charge is 2.52. The minimum atomic E-state index is -2.73. The lowest BCUT2D eigenvalue weighted by Crippen LogP contribution is -2.58. The van der Waals surface area contributed by atoms with Crippen molar-refractivity contribution in [2.24, 2.45) is 0 Å². The second-order valence-corrected chi connectivity index (χ2v) is 7.54. The topological polar surface area (TPSA) is 38.8 Å². The molecule has 0 unspecified atom stereocenters. The Labute approximate surface area is 135 Å². The third kappa shape index (κ3) is 2.96. The van der Waals surface area contributed by atoms with Gasteiger partial charge in [0.2, 0.25) is 5.91 Å². The number of nitrogens with zero attached hydrogens (tertiary/aromatic N) is 1. The van der Waals surface area contributed by atoms with Crippen molar-refractivity contribution in [2.75, 3.05) is 13.1 Å². The fraction of sp³-hybridized carbons (Fsp3) is 0.688. The number of alkyl halides is 2. The number of halogens is 2. The van der Waals surface area contributed by atoms with Gasteiger partial charge in [-0.05, 0) is 46.0 Å². The molecule has 0 aromatic rings. The van der Waals surface area contributed by atoms with Crippen LogP contribution in [0.5, 0.6) is 0 Å². The van der Waals surface area contributed by atoms with E-state index < -0.39 is 37.3 Å². The first-order chi connectivity index (χ1) is 10.5. The standard InChI is InChI=1S/C16H22BF2NO3/c1-14(2)15(3,4)23-17(22-14)12-7-5-11(6-8-12)13(21)20-9-16(18,19)10-20/h5,7H,6,8-10H2,1-4H3. The molecule has 0 saturated carbocycles. The van der Waals surface area contributed by atoms with Crippen LogP contribution in [0.4, 0.5) is 8.78 Å². The van der Waals surface area contributed by atoms with Gasteiger partial charge < -0.3 is 14.2 Å². The Kier molecular flexibility index (Phi) is 3.72. The zero-order chi connectivity index (χ0) is 17.0. The van der Waals surface area contributed by atoms with Crippen LogP contribution in [-0.4, -0.2) is 48.1 Å². The molecule has 2 aliphatic heterocycles. The van der Waals surface area contributed by atoms with E-state index in [4.69, 9.17) is 9.31 Å². The molecule has 3 aliphatic rings. The molecule has 126 valence electrons. The van der Waals surface area contributed by atoms with E-state index in [0.29, 0.717) is 18.4 Å². The van der Waals surface area contributed by atoms with Gasteiger partial charge in [-0.25, -0.2) is 8.78 Å². The quantitative estimate of drug-likeness (QED) is 0.733. The maximum absolute atomic E-state index is 12.9. The molecule has 0 atom stereocenters. The van der Waals surface area contributed by atoms with Crippen molar-refractivity contribution >= 4 is 13.0 Å². The van der Waals surface area contributed by atoms with E-state index in [0.717, 1.165) is 5.47 Å². The first-order valence-corrected chi connectivity index (χ1v) is 7.93. The monoisotopic (exact) mass is 325 g/mol. The highest BCUT2D eigenvalue weighted by atomic mass is 19.3. The molecule has 23 heavy (non-hydrogen) atoms. The lowest BCUT2D eigenvalue weighted by Gasteiger charge is -2.39. The Morgan fingerprint density at radius 1 is 1.09 bits per heavy atom. The van der Waals surface area contributed by atoms with Crippen molar-refractivity contribution in [1.82, 2.24) is 4.90 Å². The van der Waals surface area contributed by atoms with E-state index in [1.165, 1.54) is 4.90 Å². The smallest absolute Gasteiger partial charge is 0.400 e. The Morgan fingerprint density at radius 2 is 1.65 bits per heavy atom. The summed E-state index contributed by atoms with van der Waals surface area (Å²) < 4.78 is 37.7. The maximum Gasteiger partial charge on any atom is 0.490 e. The Balaban J connectivity index is 1.66. The summed E-state index contributed by atoms with van der Waals surface area (Å²) in [5.41, 5.74) is 0.748. The normalized spacial score (nSPS) is 28.1. The molecule has 0 aromatic carbocycles. The van der Waals surface area contributed by atoms with Crippen molar-refractivity contribution in [1.29, 1.82) is 0 Å². The highest BCUT2D eigenvalue weighted by molar-refractivity contribution is 6.54. The van der Waals surface area contributed by atoms with Crippen LogP contribution in [0.3, 0.4) is 0 Å². The molecule has 3 rings (SSSR count). The summed E-state index contributed by atoms with van der Waals surface area (Å²) >= 11 is 0. The average Bonchev–Trinajstić information content (AvgIpc) is 2.64. The van der Waals surface area contributed by atoms with Crippen molar-refractivity contribution < 1.29 is 22.9 Å². The second kappa shape index (κ2) is 5.15. The number of allylic oxidation sites excluding steroid dienone is 3. The Morgan fingerprint density at radius 3 is 2.09 bits per heavy atom. The van der Waals surface area contributed by atoms with Gasteiger partial charge in [-0.1, -0.05) is 12.2 Å². The lowest BCUT2D eigenvalue weighted by molar-refractivity contribution is -0.162. The first-order valence-electron chi connectivity index (χ1n) is 7.93. The zero-order valence-electron chi connectivity index (χ0n) is 14.0. The van der Waals surface area contributed by atoms with Gasteiger partial charge in [-0.2, -0.15) is 0 Å². The predicted octanol–water partition coefficient (Wildman–Crippen LogP) is 2.74. The van der Waals surface area contributed by atoms with E-state index in [1.807, 2.05) is 33.8 Å². The van der Waals surface area contributed by atoms with Crippen LogP contribution in [0.15, 0.2) is 23.2 Å². The predicted molar refractivity (Wildman–Crippen MR) is 83.0 cm³/mol. The largest absolute Gasteiger partial charge is 0.490 e. The molecule has 0 radical (unpaired) electrons. The molecular weight excluding hydrogens is 303 g/mol. The van der Waals surface area contributed by atoms with Gasteiger partial charge in [0.05, 0.1) is 24.3 Å². The van der Waals surface area contributed by atoms with Gasteiger partial charge >= 0.3 is 7.12 Å². The van der Waals surface area contributed by atoms with Crippen molar-refractivity contribution in [2.45, 2.75) is 57.7 Å². The summed E-state index contributed by atoms with van der Waals surface area (Å²) in [5, 5.41) is 0. The first kappa shape index (κ1) is 16.6. The molecule has 1 aliphatic carbocycles. The number of rotatable bonds is 2. The van der Waals surface area contributed by atoms with Gasteiger partial charge in [0.25, 0.3) is 5.92 Å². The fourth-order valence-electron chi connectivity index (χ4n) is 2.88. The van der Waals surface area contributed by atoms with Crippen molar-refractivity contribution in [3.63, 3.8) is 0 Å². The Bertz CT molecular complexity index is 574. The summed E-state index contributed by atoms with van der Waals surface area (Å²) in [6.45, 7) is 7.01. The third-order valence-electron chi connectivity index (χ3n) is 5.14. The molecule has 0 N–H and O–H groups in total. The summed E-state index contributed by atoms with van der Waals surface area (Å²) in [6.07, 6.45) is 4.70. The molecule has 0 spiro atoms. The van der Waals surface area contributed by atoms with Crippen LogP contribution >= 0.6 is 0 Å². The molecule has 2 heterocycles. The highest BCUT2D eigenvalue weighted by Crippen LogP contribution is 2.40. The van der Waals surface area contributed by atoms with Gasteiger partial charge in [0.15, 0.2) is 0 Å². The van der Waals surface area contributed by atoms with Crippen LogP contribution in [0.2, 0.25) is 0 Å². The van der Waals surface area contributed by atoms with Crippen LogP contribution < -0.4 is 0 Å². The molecule has 1 amide bonds. The van der Waals surface area contributed by atoms with Crippen LogP contribution in [-0.2, 0) is 14.1 Å². The van der Waals surface area contributed by atoms with E-state index in [1.54, 1.807) is 6.08 Å². The number of hydrogen-bond donors (Lipinski definition) is 0. The molecule has 4 nitrogen and oxygen atoms in total. The zero-order valence-corrected chi connectivity index (χ0v) is 14.0. The van der Waals surface area contributed by atoms with Gasteiger partial charge in [-0.3, -0.25) is 4.79 Å². The van der Waals surface area contributed by atoms with Gasteiger partial charge in [-0.15, -0.1) is 0 Å². The van der Waals surface area contributed by atoms with Crippen LogP contribution in [0.1, 0.15) is 40.5 Å². The summed E-state index contributed by atoms with van der Waals surface area (Å²) in [5.74, 6) is -3.02. The lowest BCUT2D eigenvalue weighted by atomic mass is 9.73. The third-order valence-corrected chi connectivity index (χ3v) is 5.14.